The van der Waals surface area contributed by atoms with E-state index < -0.39 is 9.04 Å². The van der Waals surface area contributed by atoms with Crippen molar-refractivity contribution in [3.05, 3.63) is 0 Å². The summed E-state index contributed by atoms with van der Waals surface area (Å²) < 4.78 is 5.39. The average Bonchev–Trinajstić information content (AvgIpc) is 1.98. The van der Waals surface area contributed by atoms with Gasteiger partial charge in [0.1, 0.15) is 0 Å². The first-order valence-corrected chi connectivity index (χ1v) is 6.12. The lowest BCUT2D eigenvalue weighted by Gasteiger charge is -2.21. The normalized spacial score (nSPS) is 11.3. The largest absolute Gasteiger partial charge is 0.517 e. The molecule has 0 saturated carbocycles. The summed E-state index contributed by atoms with van der Waals surface area (Å²) >= 11 is 0. The Balaban J connectivity index is 4.05. The molecule has 71 valence electrons. The molecule has 0 unspecified atom stereocenters. The number of carbonyl (C=O) groups excluding carboxylic acids is 1. The van der Waals surface area contributed by atoms with E-state index in [4.69, 9.17) is 4.43 Å². The Morgan fingerprint density at radius 3 is 1.92 bits per heavy atom. The van der Waals surface area contributed by atoms with Crippen molar-refractivity contribution in [3.8, 4) is 0 Å². The summed E-state index contributed by atoms with van der Waals surface area (Å²) in [5, 5.41) is 0. The lowest BCUT2D eigenvalue weighted by Crippen LogP contribution is -2.28. The van der Waals surface area contributed by atoms with Crippen molar-refractivity contribution in [1.82, 2.24) is 0 Å². The van der Waals surface area contributed by atoms with Crippen LogP contribution in [0.5, 0.6) is 0 Å². The smallest absolute Gasteiger partial charge is 0.292 e. The van der Waals surface area contributed by atoms with Gasteiger partial charge in [-0.2, -0.15) is 0 Å². The molecular formula is C9H19O2Si. The van der Waals surface area contributed by atoms with Gasteiger partial charge in [0.25, 0.3) is 15.0 Å². The molecule has 2 nitrogen and oxygen atoms in total. The van der Waals surface area contributed by atoms with Crippen LogP contribution < -0.4 is 0 Å². The number of hydrogen-bond acceptors (Lipinski definition) is 2. The van der Waals surface area contributed by atoms with Crippen molar-refractivity contribution < 1.29 is 9.22 Å². The second-order valence-corrected chi connectivity index (χ2v) is 6.86. The van der Waals surface area contributed by atoms with Gasteiger partial charge in [-0.1, -0.05) is 34.6 Å². The van der Waals surface area contributed by atoms with Crippen molar-refractivity contribution in [2.24, 2.45) is 0 Å². The van der Waals surface area contributed by atoms with E-state index in [1.54, 1.807) is 0 Å². The Bertz CT molecular complexity index is 135. The molecule has 0 rings (SSSR count). The molecule has 12 heavy (non-hydrogen) atoms. The van der Waals surface area contributed by atoms with Gasteiger partial charge in [0, 0.05) is 6.42 Å². The fourth-order valence-electron chi connectivity index (χ4n) is 1.11. The highest BCUT2D eigenvalue weighted by Crippen LogP contribution is 2.21. The predicted octanol–water partition coefficient (Wildman–Crippen LogP) is 2.75. The van der Waals surface area contributed by atoms with Crippen molar-refractivity contribution >= 4 is 15.0 Å². The van der Waals surface area contributed by atoms with Crippen LogP contribution in [0, 0.1) is 0 Å². The summed E-state index contributed by atoms with van der Waals surface area (Å²) in [6.45, 7) is 10.3. The van der Waals surface area contributed by atoms with Crippen LogP contribution in [0.15, 0.2) is 0 Å². The zero-order chi connectivity index (χ0) is 9.72. The fourth-order valence-corrected chi connectivity index (χ4v) is 3.32. The third kappa shape index (κ3) is 3.90. The van der Waals surface area contributed by atoms with Crippen molar-refractivity contribution in [2.75, 3.05) is 0 Å². The first-order valence-electron chi connectivity index (χ1n) is 4.56. The summed E-state index contributed by atoms with van der Waals surface area (Å²) in [5.41, 5.74) is 1.01. The van der Waals surface area contributed by atoms with Crippen LogP contribution in [0.3, 0.4) is 0 Å². The van der Waals surface area contributed by atoms with Crippen molar-refractivity contribution in [2.45, 2.75) is 52.1 Å². The second-order valence-electron chi connectivity index (χ2n) is 3.54. The van der Waals surface area contributed by atoms with E-state index >= 15 is 0 Å². The topological polar surface area (TPSA) is 26.3 Å². The fraction of sp³-hybridized carbons (Fsp3) is 0.889. The van der Waals surface area contributed by atoms with Crippen LogP contribution in [0.1, 0.15) is 41.0 Å². The molecule has 0 bridgehead atoms. The molecule has 0 atom stereocenters. The van der Waals surface area contributed by atoms with E-state index in [2.05, 4.69) is 27.7 Å². The highest BCUT2D eigenvalue weighted by atomic mass is 28.3. The maximum Gasteiger partial charge on any atom is 0.292 e. The van der Waals surface area contributed by atoms with Crippen LogP contribution >= 0.6 is 0 Å². The summed E-state index contributed by atoms with van der Waals surface area (Å²) in [7, 11) is -0.939. The third-order valence-corrected chi connectivity index (χ3v) is 4.40. The minimum absolute atomic E-state index is 0.0497. The molecule has 0 aromatic carbocycles. The van der Waals surface area contributed by atoms with Gasteiger partial charge in [-0.3, -0.25) is 4.79 Å². The standard InChI is InChI=1S/C9H19O2Si/c1-6-9(10)11-12(7(2)3)8(4)5/h7-8H,6H2,1-5H3. The van der Waals surface area contributed by atoms with Crippen molar-refractivity contribution in [1.29, 1.82) is 0 Å². The van der Waals surface area contributed by atoms with Gasteiger partial charge in [0.15, 0.2) is 0 Å². The van der Waals surface area contributed by atoms with Crippen LogP contribution in [0.2, 0.25) is 11.1 Å². The van der Waals surface area contributed by atoms with Crippen molar-refractivity contribution in [3.63, 3.8) is 0 Å². The summed E-state index contributed by atoms with van der Waals surface area (Å²) in [4.78, 5) is 11.0. The van der Waals surface area contributed by atoms with E-state index in [9.17, 15) is 4.79 Å². The molecule has 0 fully saturated rings. The molecule has 3 heteroatoms. The molecule has 0 aliphatic rings. The molecular weight excluding hydrogens is 168 g/mol. The van der Waals surface area contributed by atoms with E-state index in [0.717, 1.165) is 0 Å². The van der Waals surface area contributed by atoms with Gasteiger partial charge in [-0.25, -0.2) is 0 Å². The Hall–Kier alpha value is -0.313. The monoisotopic (exact) mass is 187 g/mol. The molecule has 0 aromatic heterocycles. The van der Waals surface area contributed by atoms with Crippen LogP contribution in [-0.4, -0.2) is 15.0 Å². The summed E-state index contributed by atoms with van der Waals surface area (Å²) in [6, 6.07) is 0. The summed E-state index contributed by atoms with van der Waals surface area (Å²) in [5.74, 6) is -0.0497. The minimum atomic E-state index is -0.939. The SMILES string of the molecule is CCC(=O)O[Si](C(C)C)C(C)C. The van der Waals surface area contributed by atoms with E-state index in [1.807, 2.05) is 6.92 Å². The Morgan fingerprint density at radius 2 is 1.67 bits per heavy atom. The van der Waals surface area contributed by atoms with Gasteiger partial charge in [-0.05, 0) is 11.1 Å². The van der Waals surface area contributed by atoms with Gasteiger partial charge < -0.3 is 4.43 Å². The average molecular weight is 187 g/mol. The van der Waals surface area contributed by atoms with Gasteiger partial charge >= 0.3 is 0 Å². The molecule has 0 saturated heterocycles. The van der Waals surface area contributed by atoms with Crippen LogP contribution in [-0.2, 0) is 9.22 Å². The lowest BCUT2D eigenvalue weighted by molar-refractivity contribution is -0.134. The van der Waals surface area contributed by atoms with E-state index in [0.29, 0.717) is 17.5 Å². The van der Waals surface area contributed by atoms with E-state index in [1.165, 1.54) is 0 Å². The van der Waals surface area contributed by atoms with Crippen LogP contribution in [0.4, 0.5) is 0 Å². The molecule has 0 amide bonds. The molecule has 0 aliphatic heterocycles. The number of rotatable bonds is 4. The number of carbonyl (C=O) groups is 1. The highest BCUT2D eigenvalue weighted by molar-refractivity contribution is 6.56. The van der Waals surface area contributed by atoms with Gasteiger partial charge in [-0.15, -0.1) is 0 Å². The Kier molecular flexibility index (Phi) is 5.21. The molecule has 0 aromatic rings. The minimum Gasteiger partial charge on any atom is -0.517 e. The summed E-state index contributed by atoms with van der Waals surface area (Å²) in [6.07, 6.45) is 0.494. The van der Waals surface area contributed by atoms with Gasteiger partial charge in [0.2, 0.25) is 0 Å². The second kappa shape index (κ2) is 5.35. The van der Waals surface area contributed by atoms with Crippen LogP contribution in [0.25, 0.3) is 0 Å². The molecule has 0 N–H and O–H groups in total. The highest BCUT2D eigenvalue weighted by Gasteiger charge is 2.25. The lowest BCUT2D eigenvalue weighted by atomic mass is 10.5. The molecule has 0 spiro atoms. The zero-order valence-electron chi connectivity index (χ0n) is 8.68. The first kappa shape index (κ1) is 11.7. The zero-order valence-corrected chi connectivity index (χ0v) is 9.68. The predicted molar refractivity (Wildman–Crippen MR) is 52.3 cm³/mol. The molecule has 0 aliphatic carbocycles. The Labute approximate surface area is 77.0 Å². The maximum atomic E-state index is 11.0. The quantitative estimate of drug-likeness (QED) is 0.633. The van der Waals surface area contributed by atoms with Gasteiger partial charge in [0.05, 0.1) is 0 Å². The third-order valence-electron chi connectivity index (χ3n) is 1.66. The molecule has 1 radical (unpaired) electrons. The first-order chi connectivity index (χ1) is 5.49. The Morgan fingerprint density at radius 1 is 1.25 bits per heavy atom. The maximum absolute atomic E-state index is 11.0. The molecule has 0 heterocycles. The van der Waals surface area contributed by atoms with E-state index in [-0.39, 0.29) is 5.97 Å². The number of hydrogen-bond donors (Lipinski definition) is 0.